The Balaban J connectivity index is 2.30. The highest BCUT2D eigenvalue weighted by Gasteiger charge is 2.04. The molecule has 0 heterocycles. The van der Waals surface area contributed by atoms with Crippen molar-refractivity contribution in [1.29, 1.82) is 0 Å². The molecule has 0 unspecified atom stereocenters. The van der Waals surface area contributed by atoms with E-state index in [2.05, 4.69) is 6.07 Å². The first kappa shape index (κ1) is 10.6. The fraction of sp³-hybridized carbons (Fsp3) is 0.143. The molecular formula is C14H15NO. The molecule has 0 aromatic heterocycles. The molecule has 2 heteroatoms. The predicted molar refractivity (Wildman–Crippen MR) is 66.7 cm³/mol. The fourth-order valence-corrected chi connectivity index (χ4v) is 1.75. The number of nitrogens with two attached hydrogens (primary N) is 1. The number of nitrogen functional groups attached to an aromatic ring is 1. The molecule has 0 aliphatic rings. The molecule has 0 aliphatic heterocycles. The van der Waals surface area contributed by atoms with Gasteiger partial charge in [-0.05, 0) is 23.3 Å². The monoisotopic (exact) mass is 213 g/mol. The van der Waals surface area contributed by atoms with Crippen LogP contribution in [0.4, 0.5) is 5.69 Å². The zero-order chi connectivity index (χ0) is 11.4. The van der Waals surface area contributed by atoms with E-state index in [1.54, 1.807) is 7.11 Å². The standard InChI is InChI=1S/C14H15NO/c1-16-14-9-5-3-7-12(14)10-11-6-2-4-8-13(11)15/h2-9H,10,15H2,1H3. The van der Waals surface area contributed by atoms with Crippen molar-refractivity contribution in [1.82, 2.24) is 0 Å². The van der Waals surface area contributed by atoms with Crippen LogP contribution in [0.25, 0.3) is 0 Å². The molecule has 0 fully saturated rings. The zero-order valence-electron chi connectivity index (χ0n) is 9.31. The molecule has 2 nitrogen and oxygen atoms in total. The minimum Gasteiger partial charge on any atom is -0.496 e. The van der Waals surface area contributed by atoms with Crippen molar-refractivity contribution in [2.45, 2.75) is 6.42 Å². The maximum Gasteiger partial charge on any atom is 0.122 e. The van der Waals surface area contributed by atoms with Crippen molar-refractivity contribution in [3.63, 3.8) is 0 Å². The van der Waals surface area contributed by atoms with Crippen LogP contribution in [0.3, 0.4) is 0 Å². The highest BCUT2D eigenvalue weighted by atomic mass is 16.5. The quantitative estimate of drug-likeness (QED) is 0.796. The fourth-order valence-electron chi connectivity index (χ4n) is 1.75. The highest BCUT2D eigenvalue weighted by Crippen LogP contribution is 2.23. The van der Waals surface area contributed by atoms with Crippen LogP contribution in [0.15, 0.2) is 48.5 Å². The molecule has 16 heavy (non-hydrogen) atoms. The van der Waals surface area contributed by atoms with Gasteiger partial charge in [0.25, 0.3) is 0 Å². The van der Waals surface area contributed by atoms with Crippen molar-refractivity contribution in [3.8, 4) is 5.75 Å². The highest BCUT2D eigenvalue weighted by molar-refractivity contribution is 5.50. The molecule has 0 atom stereocenters. The summed E-state index contributed by atoms with van der Waals surface area (Å²) in [5.41, 5.74) is 9.03. The Morgan fingerprint density at radius 3 is 2.25 bits per heavy atom. The summed E-state index contributed by atoms with van der Waals surface area (Å²) in [5.74, 6) is 0.908. The van der Waals surface area contributed by atoms with Crippen LogP contribution < -0.4 is 10.5 Å². The van der Waals surface area contributed by atoms with Gasteiger partial charge in [0.15, 0.2) is 0 Å². The minimum absolute atomic E-state index is 0.802. The lowest BCUT2D eigenvalue weighted by atomic mass is 10.0. The summed E-state index contributed by atoms with van der Waals surface area (Å²) in [5, 5.41) is 0. The molecule has 0 saturated heterocycles. The van der Waals surface area contributed by atoms with E-state index in [4.69, 9.17) is 10.5 Å². The van der Waals surface area contributed by atoms with Crippen LogP contribution >= 0.6 is 0 Å². The SMILES string of the molecule is COc1ccccc1Cc1ccccc1N. The number of rotatable bonds is 3. The normalized spacial score (nSPS) is 10.1. The second kappa shape index (κ2) is 4.71. The van der Waals surface area contributed by atoms with E-state index in [0.29, 0.717) is 0 Å². The Bertz CT molecular complexity index is 480. The number of anilines is 1. The molecule has 0 bridgehead atoms. The third-order valence-corrected chi connectivity index (χ3v) is 2.63. The van der Waals surface area contributed by atoms with Gasteiger partial charge in [0.1, 0.15) is 5.75 Å². The summed E-state index contributed by atoms with van der Waals surface area (Å²) in [6.45, 7) is 0. The Morgan fingerprint density at radius 1 is 0.938 bits per heavy atom. The van der Waals surface area contributed by atoms with Crippen LogP contribution in [0, 0.1) is 0 Å². The third kappa shape index (κ3) is 2.16. The lowest BCUT2D eigenvalue weighted by Crippen LogP contribution is -1.97. The van der Waals surface area contributed by atoms with E-state index in [9.17, 15) is 0 Å². The van der Waals surface area contributed by atoms with E-state index in [1.807, 2.05) is 42.5 Å². The topological polar surface area (TPSA) is 35.2 Å². The average molecular weight is 213 g/mol. The molecule has 2 rings (SSSR count). The van der Waals surface area contributed by atoms with Crippen LogP contribution in [-0.2, 0) is 6.42 Å². The molecule has 0 amide bonds. The van der Waals surface area contributed by atoms with Gasteiger partial charge >= 0.3 is 0 Å². The van der Waals surface area contributed by atoms with E-state index < -0.39 is 0 Å². The lowest BCUT2D eigenvalue weighted by Gasteiger charge is -2.09. The van der Waals surface area contributed by atoms with Gasteiger partial charge in [-0.2, -0.15) is 0 Å². The number of benzene rings is 2. The number of methoxy groups -OCH3 is 1. The van der Waals surface area contributed by atoms with E-state index in [1.165, 1.54) is 0 Å². The largest absolute Gasteiger partial charge is 0.496 e. The molecular weight excluding hydrogens is 198 g/mol. The summed E-state index contributed by atoms with van der Waals surface area (Å²) in [6, 6.07) is 15.9. The minimum atomic E-state index is 0.802. The van der Waals surface area contributed by atoms with Gasteiger partial charge < -0.3 is 10.5 Å². The molecule has 2 N–H and O–H groups in total. The van der Waals surface area contributed by atoms with Crippen molar-refractivity contribution in [2.24, 2.45) is 0 Å². The summed E-state index contributed by atoms with van der Waals surface area (Å²) >= 11 is 0. The number of hydrogen-bond acceptors (Lipinski definition) is 2. The molecule has 82 valence electrons. The van der Waals surface area contributed by atoms with Crippen molar-refractivity contribution in [3.05, 3.63) is 59.7 Å². The molecule has 0 radical (unpaired) electrons. The Hall–Kier alpha value is -1.96. The molecule has 0 aliphatic carbocycles. The van der Waals surface area contributed by atoms with Crippen molar-refractivity contribution >= 4 is 5.69 Å². The van der Waals surface area contributed by atoms with Gasteiger partial charge in [0.05, 0.1) is 7.11 Å². The summed E-state index contributed by atoms with van der Waals surface area (Å²) in [7, 11) is 1.69. The van der Waals surface area contributed by atoms with Gasteiger partial charge in [-0.15, -0.1) is 0 Å². The first-order valence-electron chi connectivity index (χ1n) is 5.26. The van der Waals surface area contributed by atoms with Crippen LogP contribution in [-0.4, -0.2) is 7.11 Å². The Kier molecular flexibility index (Phi) is 3.10. The second-order valence-corrected chi connectivity index (χ2v) is 3.69. The first-order chi connectivity index (χ1) is 7.81. The molecule has 2 aromatic carbocycles. The molecule has 2 aromatic rings. The van der Waals surface area contributed by atoms with E-state index >= 15 is 0 Å². The second-order valence-electron chi connectivity index (χ2n) is 3.69. The molecule has 0 spiro atoms. The van der Waals surface area contributed by atoms with Gasteiger partial charge in [-0.1, -0.05) is 36.4 Å². The average Bonchev–Trinajstić information content (AvgIpc) is 2.33. The predicted octanol–water partition coefficient (Wildman–Crippen LogP) is 2.87. The maximum atomic E-state index is 5.92. The lowest BCUT2D eigenvalue weighted by molar-refractivity contribution is 0.410. The summed E-state index contributed by atoms with van der Waals surface area (Å²) < 4.78 is 5.32. The summed E-state index contributed by atoms with van der Waals surface area (Å²) in [4.78, 5) is 0. The number of ether oxygens (including phenoxy) is 1. The Morgan fingerprint density at radius 2 is 1.56 bits per heavy atom. The molecule has 0 saturated carbocycles. The van der Waals surface area contributed by atoms with Crippen LogP contribution in [0.5, 0.6) is 5.75 Å². The summed E-state index contributed by atoms with van der Waals surface area (Å²) in [6.07, 6.45) is 0.802. The van der Waals surface area contributed by atoms with E-state index in [-0.39, 0.29) is 0 Å². The smallest absolute Gasteiger partial charge is 0.122 e. The first-order valence-corrected chi connectivity index (χ1v) is 5.26. The van der Waals surface area contributed by atoms with Gasteiger partial charge in [-0.25, -0.2) is 0 Å². The Labute approximate surface area is 95.7 Å². The number of para-hydroxylation sites is 2. The van der Waals surface area contributed by atoms with Crippen LogP contribution in [0.1, 0.15) is 11.1 Å². The van der Waals surface area contributed by atoms with Crippen molar-refractivity contribution in [2.75, 3.05) is 12.8 Å². The van der Waals surface area contributed by atoms with Crippen molar-refractivity contribution < 1.29 is 4.74 Å². The zero-order valence-corrected chi connectivity index (χ0v) is 9.31. The van der Waals surface area contributed by atoms with Gasteiger partial charge in [0.2, 0.25) is 0 Å². The number of hydrogen-bond donors (Lipinski definition) is 1. The van der Waals surface area contributed by atoms with Gasteiger partial charge in [0, 0.05) is 12.1 Å². The van der Waals surface area contributed by atoms with Crippen LogP contribution in [0.2, 0.25) is 0 Å². The third-order valence-electron chi connectivity index (χ3n) is 2.63. The van der Waals surface area contributed by atoms with Gasteiger partial charge in [-0.3, -0.25) is 0 Å². The maximum absolute atomic E-state index is 5.92. The van der Waals surface area contributed by atoms with E-state index in [0.717, 1.165) is 29.0 Å².